The van der Waals surface area contributed by atoms with Crippen LogP contribution in [0.4, 0.5) is 5.69 Å². The Hall–Kier alpha value is -1.60. The number of phenolic OH excluding ortho intramolecular Hbond substituents is 1. The average molecular weight is 298 g/mol. The predicted octanol–water partition coefficient (Wildman–Crippen LogP) is 0.590. The maximum atomic E-state index is 12.1. The van der Waals surface area contributed by atoms with Gasteiger partial charge in [-0.3, -0.25) is 4.79 Å². The van der Waals surface area contributed by atoms with Gasteiger partial charge in [-0.05, 0) is 37.2 Å². The van der Waals surface area contributed by atoms with Gasteiger partial charge in [0.25, 0.3) is 0 Å². The monoisotopic (exact) mass is 298 g/mol. The molecule has 0 aliphatic carbocycles. The Labute approximate surface area is 118 Å². The van der Waals surface area contributed by atoms with Crippen LogP contribution in [0.25, 0.3) is 0 Å². The van der Waals surface area contributed by atoms with E-state index in [1.165, 1.54) is 18.2 Å². The number of rotatable bonds is 4. The maximum Gasteiger partial charge on any atom is 0.227 e. The van der Waals surface area contributed by atoms with E-state index in [0.29, 0.717) is 0 Å². The van der Waals surface area contributed by atoms with E-state index in [2.05, 4.69) is 10.6 Å². The first kappa shape index (κ1) is 14.8. The molecule has 20 heavy (non-hydrogen) atoms. The SMILES string of the molecule is CC(C(=O)Nc1cc(S(C)(=O)=O)ccc1O)C1CNC1. The number of hydrogen-bond donors (Lipinski definition) is 3. The largest absolute Gasteiger partial charge is 0.506 e. The van der Waals surface area contributed by atoms with Crippen molar-refractivity contribution in [2.24, 2.45) is 11.8 Å². The lowest BCUT2D eigenvalue weighted by molar-refractivity contribution is -0.121. The zero-order chi connectivity index (χ0) is 14.9. The van der Waals surface area contributed by atoms with Crippen molar-refractivity contribution < 1.29 is 18.3 Å². The molecule has 1 aliphatic heterocycles. The number of amides is 1. The number of hydrogen-bond acceptors (Lipinski definition) is 5. The van der Waals surface area contributed by atoms with Crippen molar-refractivity contribution in [1.82, 2.24) is 5.32 Å². The molecule has 1 fully saturated rings. The fourth-order valence-electron chi connectivity index (χ4n) is 1.97. The molecule has 110 valence electrons. The molecule has 6 nitrogen and oxygen atoms in total. The summed E-state index contributed by atoms with van der Waals surface area (Å²) in [4.78, 5) is 12.1. The Kier molecular flexibility index (Phi) is 4.01. The molecule has 0 radical (unpaired) electrons. The van der Waals surface area contributed by atoms with Gasteiger partial charge in [-0.15, -0.1) is 0 Å². The van der Waals surface area contributed by atoms with Crippen molar-refractivity contribution in [2.75, 3.05) is 24.7 Å². The van der Waals surface area contributed by atoms with Gasteiger partial charge in [0.1, 0.15) is 5.75 Å². The first-order valence-corrected chi connectivity index (χ1v) is 8.23. The number of aromatic hydroxyl groups is 1. The number of carbonyl (C=O) groups is 1. The van der Waals surface area contributed by atoms with E-state index in [-0.39, 0.29) is 34.1 Å². The molecule has 0 aromatic heterocycles. The highest BCUT2D eigenvalue weighted by atomic mass is 32.2. The Balaban J connectivity index is 2.18. The summed E-state index contributed by atoms with van der Waals surface area (Å²) >= 11 is 0. The Morgan fingerprint density at radius 1 is 1.45 bits per heavy atom. The lowest BCUT2D eigenvalue weighted by Crippen LogP contribution is -2.48. The average Bonchev–Trinajstić information content (AvgIpc) is 2.28. The Morgan fingerprint density at radius 3 is 2.60 bits per heavy atom. The van der Waals surface area contributed by atoms with Crippen LogP contribution >= 0.6 is 0 Å². The number of benzene rings is 1. The standard InChI is InChI=1S/C13H18N2O4S/c1-8(9-6-14-7-9)13(17)15-11-5-10(20(2,18)19)3-4-12(11)16/h3-5,8-9,14,16H,6-7H2,1-2H3,(H,15,17). The second-order valence-corrected chi connectivity index (χ2v) is 7.16. The van der Waals surface area contributed by atoms with Crippen molar-refractivity contribution in [3.8, 4) is 5.75 Å². The van der Waals surface area contributed by atoms with E-state index in [1.54, 1.807) is 0 Å². The summed E-state index contributed by atoms with van der Waals surface area (Å²) < 4.78 is 23.0. The fraction of sp³-hybridized carbons (Fsp3) is 0.462. The minimum atomic E-state index is -3.38. The van der Waals surface area contributed by atoms with Gasteiger partial charge in [0.2, 0.25) is 5.91 Å². The van der Waals surface area contributed by atoms with Crippen LogP contribution in [0.3, 0.4) is 0 Å². The van der Waals surface area contributed by atoms with Crippen LogP contribution in [-0.4, -0.2) is 38.8 Å². The summed E-state index contributed by atoms with van der Waals surface area (Å²) in [6.45, 7) is 3.41. The zero-order valence-electron chi connectivity index (χ0n) is 11.4. The van der Waals surface area contributed by atoms with E-state index in [1.807, 2.05) is 6.92 Å². The summed E-state index contributed by atoms with van der Waals surface area (Å²) in [6, 6.07) is 3.84. The number of carbonyl (C=O) groups excluding carboxylic acids is 1. The minimum absolute atomic E-state index is 0.0589. The zero-order valence-corrected chi connectivity index (χ0v) is 12.2. The third-order valence-corrected chi connectivity index (χ3v) is 4.70. The van der Waals surface area contributed by atoms with Crippen molar-refractivity contribution >= 4 is 21.4 Å². The highest BCUT2D eigenvalue weighted by Crippen LogP contribution is 2.27. The number of sulfone groups is 1. The predicted molar refractivity (Wildman–Crippen MR) is 75.4 cm³/mol. The number of phenols is 1. The van der Waals surface area contributed by atoms with Gasteiger partial charge in [-0.1, -0.05) is 6.92 Å². The smallest absolute Gasteiger partial charge is 0.227 e. The molecule has 3 N–H and O–H groups in total. The lowest BCUT2D eigenvalue weighted by Gasteiger charge is -2.31. The van der Waals surface area contributed by atoms with Crippen LogP contribution in [0.5, 0.6) is 5.75 Å². The molecular formula is C13H18N2O4S. The van der Waals surface area contributed by atoms with Gasteiger partial charge in [0.15, 0.2) is 9.84 Å². The van der Waals surface area contributed by atoms with E-state index >= 15 is 0 Å². The second kappa shape index (κ2) is 5.41. The van der Waals surface area contributed by atoms with E-state index in [0.717, 1.165) is 19.3 Å². The van der Waals surface area contributed by atoms with Gasteiger partial charge in [-0.25, -0.2) is 8.42 Å². The maximum absolute atomic E-state index is 12.1. The first-order chi connectivity index (χ1) is 9.29. The van der Waals surface area contributed by atoms with Crippen molar-refractivity contribution in [2.45, 2.75) is 11.8 Å². The molecule has 1 aliphatic rings. The quantitative estimate of drug-likeness (QED) is 0.707. The van der Waals surface area contributed by atoms with Gasteiger partial charge < -0.3 is 15.7 Å². The Bertz CT molecular complexity index is 623. The van der Waals surface area contributed by atoms with Crippen LogP contribution in [-0.2, 0) is 14.6 Å². The van der Waals surface area contributed by atoms with Crippen LogP contribution in [0.2, 0.25) is 0 Å². The van der Waals surface area contributed by atoms with E-state index in [4.69, 9.17) is 0 Å². The van der Waals surface area contributed by atoms with Gasteiger partial charge in [0, 0.05) is 12.2 Å². The highest BCUT2D eigenvalue weighted by molar-refractivity contribution is 7.90. The Morgan fingerprint density at radius 2 is 2.10 bits per heavy atom. The van der Waals surface area contributed by atoms with Gasteiger partial charge in [0.05, 0.1) is 10.6 Å². The molecule has 0 spiro atoms. The van der Waals surface area contributed by atoms with Crippen LogP contribution in [0.15, 0.2) is 23.1 Å². The van der Waals surface area contributed by atoms with Gasteiger partial charge in [-0.2, -0.15) is 0 Å². The van der Waals surface area contributed by atoms with Crippen LogP contribution < -0.4 is 10.6 Å². The second-order valence-electron chi connectivity index (χ2n) is 5.15. The summed E-state index contributed by atoms with van der Waals surface area (Å²) in [5.41, 5.74) is 0.122. The molecule has 1 saturated heterocycles. The summed E-state index contributed by atoms with van der Waals surface area (Å²) in [6.07, 6.45) is 1.08. The van der Waals surface area contributed by atoms with E-state index < -0.39 is 9.84 Å². The fourth-order valence-corrected chi connectivity index (χ4v) is 2.62. The molecule has 2 rings (SSSR count). The summed E-state index contributed by atoms with van der Waals surface area (Å²) in [5.74, 6) is -0.296. The molecule has 0 saturated carbocycles. The normalized spacial score (nSPS) is 17.3. The van der Waals surface area contributed by atoms with E-state index in [9.17, 15) is 18.3 Å². The molecule has 0 bridgehead atoms. The van der Waals surface area contributed by atoms with Crippen molar-refractivity contribution in [1.29, 1.82) is 0 Å². The molecule has 1 aromatic rings. The summed E-state index contributed by atoms with van der Waals surface area (Å²) in [5, 5.41) is 15.4. The summed E-state index contributed by atoms with van der Waals surface area (Å²) in [7, 11) is -3.38. The molecule has 1 heterocycles. The molecule has 1 atom stereocenters. The topological polar surface area (TPSA) is 95.5 Å². The first-order valence-electron chi connectivity index (χ1n) is 6.33. The van der Waals surface area contributed by atoms with Gasteiger partial charge >= 0.3 is 0 Å². The number of nitrogens with one attached hydrogen (secondary N) is 2. The molecule has 1 unspecified atom stereocenters. The minimum Gasteiger partial charge on any atom is -0.506 e. The molecule has 7 heteroatoms. The highest BCUT2D eigenvalue weighted by Gasteiger charge is 2.29. The van der Waals surface area contributed by atoms with Crippen LogP contribution in [0, 0.1) is 11.8 Å². The number of anilines is 1. The lowest BCUT2D eigenvalue weighted by atomic mass is 9.88. The van der Waals surface area contributed by atoms with Crippen molar-refractivity contribution in [3.05, 3.63) is 18.2 Å². The molecule has 1 aromatic carbocycles. The van der Waals surface area contributed by atoms with Crippen LogP contribution in [0.1, 0.15) is 6.92 Å². The third kappa shape index (κ3) is 3.10. The van der Waals surface area contributed by atoms with Crippen molar-refractivity contribution in [3.63, 3.8) is 0 Å². The molecule has 1 amide bonds. The third-order valence-electron chi connectivity index (χ3n) is 3.59. The molecular weight excluding hydrogens is 280 g/mol.